The van der Waals surface area contributed by atoms with Gasteiger partial charge < -0.3 is 14.6 Å². The molecule has 4 heteroatoms. The fraction of sp³-hybridized carbons (Fsp3) is 0.316. The molecule has 0 saturated heterocycles. The zero-order chi connectivity index (χ0) is 16.4. The Labute approximate surface area is 135 Å². The minimum absolute atomic E-state index is 0.128. The highest BCUT2D eigenvalue weighted by molar-refractivity contribution is 5.75. The maximum Gasteiger partial charge on any atom is 0.303 e. The van der Waals surface area contributed by atoms with E-state index in [1.54, 1.807) is 14.2 Å². The van der Waals surface area contributed by atoms with Crippen LogP contribution >= 0.6 is 0 Å². The Bertz CT molecular complexity index is 736. The number of rotatable bonds is 5. The number of para-hydroxylation sites is 1. The van der Waals surface area contributed by atoms with Gasteiger partial charge in [0.25, 0.3) is 0 Å². The molecule has 0 radical (unpaired) electrons. The van der Waals surface area contributed by atoms with Crippen molar-refractivity contribution in [2.75, 3.05) is 14.2 Å². The third-order valence-electron chi connectivity index (χ3n) is 4.48. The second kappa shape index (κ2) is 6.32. The van der Waals surface area contributed by atoms with Gasteiger partial charge in [-0.05, 0) is 41.5 Å². The summed E-state index contributed by atoms with van der Waals surface area (Å²) in [5.74, 6) is 0.814. The number of hydrogen-bond acceptors (Lipinski definition) is 3. The molecule has 2 aromatic rings. The highest BCUT2D eigenvalue weighted by Crippen LogP contribution is 2.41. The topological polar surface area (TPSA) is 55.8 Å². The van der Waals surface area contributed by atoms with Gasteiger partial charge in [0, 0.05) is 5.56 Å². The number of fused-ring (bicyclic) bond motifs is 1. The first-order valence-electron chi connectivity index (χ1n) is 7.70. The summed E-state index contributed by atoms with van der Waals surface area (Å²) >= 11 is 0. The lowest BCUT2D eigenvalue weighted by Crippen LogP contribution is -2.03. The van der Waals surface area contributed by atoms with Crippen molar-refractivity contribution in [2.45, 2.75) is 25.2 Å². The molecule has 2 aromatic carbocycles. The van der Waals surface area contributed by atoms with Crippen molar-refractivity contribution in [1.29, 1.82) is 0 Å². The number of carbonyl (C=O) groups is 1. The number of carboxylic acids is 1. The van der Waals surface area contributed by atoms with E-state index in [1.165, 1.54) is 5.56 Å². The van der Waals surface area contributed by atoms with Gasteiger partial charge in [-0.2, -0.15) is 0 Å². The van der Waals surface area contributed by atoms with E-state index in [9.17, 15) is 4.79 Å². The van der Waals surface area contributed by atoms with Crippen molar-refractivity contribution in [2.24, 2.45) is 0 Å². The van der Waals surface area contributed by atoms with Crippen LogP contribution in [0.25, 0.3) is 11.1 Å². The molecule has 0 aromatic heterocycles. The first-order chi connectivity index (χ1) is 11.1. The molecule has 3 rings (SSSR count). The van der Waals surface area contributed by atoms with Crippen molar-refractivity contribution >= 4 is 5.97 Å². The molecule has 0 amide bonds. The molecule has 1 N–H and O–H groups in total. The van der Waals surface area contributed by atoms with Gasteiger partial charge in [-0.1, -0.05) is 30.3 Å². The van der Waals surface area contributed by atoms with Gasteiger partial charge >= 0.3 is 5.97 Å². The van der Waals surface area contributed by atoms with Crippen molar-refractivity contribution in [3.8, 4) is 22.6 Å². The Kier molecular flexibility index (Phi) is 4.24. The number of carboxylic acid groups (broad SMARTS) is 1. The summed E-state index contributed by atoms with van der Waals surface area (Å²) < 4.78 is 10.9. The van der Waals surface area contributed by atoms with Crippen LogP contribution in [0.15, 0.2) is 36.4 Å². The van der Waals surface area contributed by atoms with Crippen LogP contribution in [0, 0.1) is 0 Å². The van der Waals surface area contributed by atoms with Crippen molar-refractivity contribution < 1.29 is 19.4 Å². The minimum atomic E-state index is -0.735. The summed E-state index contributed by atoms with van der Waals surface area (Å²) in [5.41, 5.74) is 4.45. The average molecular weight is 312 g/mol. The highest BCUT2D eigenvalue weighted by Gasteiger charge is 2.25. The predicted octanol–water partition coefficient (Wildman–Crippen LogP) is 3.88. The van der Waals surface area contributed by atoms with Crippen LogP contribution in [0.1, 0.15) is 29.9 Å². The minimum Gasteiger partial charge on any atom is -0.493 e. The predicted molar refractivity (Wildman–Crippen MR) is 88.3 cm³/mol. The third-order valence-corrected chi connectivity index (χ3v) is 4.48. The van der Waals surface area contributed by atoms with E-state index >= 15 is 0 Å². The van der Waals surface area contributed by atoms with Gasteiger partial charge in [0.05, 0.1) is 20.6 Å². The smallest absolute Gasteiger partial charge is 0.303 e. The van der Waals surface area contributed by atoms with Crippen LogP contribution in [-0.4, -0.2) is 25.3 Å². The van der Waals surface area contributed by atoms with E-state index in [-0.39, 0.29) is 12.3 Å². The van der Waals surface area contributed by atoms with Gasteiger partial charge in [-0.15, -0.1) is 0 Å². The van der Waals surface area contributed by atoms with Crippen LogP contribution in [0.5, 0.6) is 11.5 Å². The summed E-state index contributed by atoms with van der Waals surface area (Å²) in [6, 6.07) is 12.1. The van der Waals surface area contributed by atoms with E-state index in [2.05, 4.69) is 12.1 Å². The molecule has 0 spiro atoms. The number of aliphatic carboxylic acids is 1. The Balaban J connectivity index is 1.99. The molecule has 4 nitrogen and oxygen atoms in total. The lowest BCUT2D eigenvalue weighted by molar-refractivity contribution is -0.137. The molecule has 1 aliphatic carbocycles. The van der Waals surface area contributed by atoms with E-state index in [0.717, 1.165) is 35.3 Å². The number of benzene rings is 2. The molecule has 0 aliphatic heterocycles. The van der Waals surface area contributed by atoms with Crippen LogP contribution in [0.4, 0.5) is 0 Å². The summed E-state index contributed by atoms with van der Waals surface area (Å²) in [7, 11) is 3.26. The normalized spacial score (nSPS) is 16.0. The van der Waals surface area contributed by atoms with E-state index in [0.29, 0.717) is 5.75 Å². The Morgan fingerprint density at radius 3 is 2.74 bits per heavy atom. The van der Waals surface area contributed by atoms with Crippen molar-refractivity contribution in [1.82, 2.24) is 0 Å². The zero-order valence-electron chi connectivity index (χ0n) is 13.3. The van der Waals surface area contributed by atoms with E-state index < -0.39 is 5.97 Å². The SMILES string of the molecule is COc1cccc(-c2ccc3c(c2)CCC3CC(=O)O)c1OC. The van der Waals surface area contributed by atoms with E-state index in [1.807, 2.05) is 24.3 Å². The second-order valence-corrected chi connectivity index (χ2v) is 5.79. The van der Waals surface area contributed by atoms with Gasteiger partial charge in [-0.25, -0.2) is 0 Å². The number of methoxy groups -OCH3 is 2. The summed E-state index contributed by atoms with van der Waals surface area (Å²) in [6.07, 6.45) is 2.03. The molecular weight excluding hydrogens is 292 g/mol. The van der Waals surface area contributed by atoms with Crippen LogP contribution < -0.4 is 9.47 Å². The lowest BCUT2D eigenvalue weighted by atomic mass is 9.95. The number of hydrogen-bond donors (Lipinski definition) is 1. The molecule has 1 unspecified atom stereocenters. The van der Waals surface area contributed by atoms with Gasteiger partial charge in [0.1, 0.15) is 0 Å². The fourth-order valence-electron chi connectivity index (χ4n) is 3.41. The second-order valence-electron chi connectivity index (χ2n) is 5.79. The standard InChI is InChI=1S/C19H20O4/c1-22-17-5-3-4-16(19(17)23-2)13-8-9-15-12(10-13)6-7-14(15)11-18(20)21/h3-5,8-10,14H,6-7,11H2,1-2H3,(H,20,21). The summed E-state index contributed by atoms with van der Waals surface area (Å²) in [5, 5.41) is 9.03. The first kappa shape index (κ1) is 15.4. The van der Waals surface area contributed by atoms with Gasteiger partial charge in [-0.3, -0.25) is 4.79 Å². The lowest BCUT2D eigenvalue weighted by Gasteiger charge is -2.14. The molecule has 1 atom stereocenters. The monoisotopic (exact) mass is 312 g/mol. The number of aryl methyl sites for hydroxylation is 1. The molecule has 23 heavy (non-hydrogen) atoms. The van der Waals surface area contributed by atoms with Crippen LogP contribution in [0.3, 0.4) is 0 Å². The largest absolute Gasteiger partial charge is 0.493 e. The molecule has 0 saturated carbocycles. The quantitative estimate of drug-likeness (QED) is 0.910. The maximum atomic E-state index is 11.0. The number of ether oxygens (including phenoxy) is 2. The van der Waals surface area contributed by atoms with Crippen molar-refractivity contribution in [3.63, 3.8) is 0 Å². The van der Waals surface area contributed by atoms with Gasteiger partial charge in [0.15, 0.2) is 11.5 Å². The van der Waals surface area contributed by atoms with Crippen LogP contribution in [0.2, 0.25) is 0 Å². The Morgan fingerprint density at radius 2 is 2.04 bits per heavy atom. The molecule has 120 valence electrons. The van der Waals surface area contributed by atoms with E-state index in [4.69, 9.17) is 14.6 Å². The third kappa shape index (κ3) is 2.89. The van der Waals surface area contributed by atoms with Gasteiger partial charge in [0.2, 0.25) is 0 Å². The molecule has 1 aliphatic rings. The summed E-state index contributed by atoms with van der Waals surface area (Å²) in [6.45, 7) is 0. The molecule has 0 fully saturated rings. The molecule has 0 bridgehead atoms. The Hall–Kier alpha value is -2.49. The summed E-state index contributed by atoms with van der Waals surface area (Å²) in [4.78, 5) is 11.0. The molecule has 0 heterocycles. The van der Waals surface area contributed by atoms with Crippen molar-refractivity contribution in [3.05, 3.63) is 47.5 Å². The van der Waals surface area contributed by atoms with Crippen LogP contribution in [-0.2, 0) is 11.2 Å². The highest BCUT2D eigenvalue weighted by atomic mass is 16.5. The zero-order valence-corrected chi connectivity index (χ0v) is 13.3. The maximum absolute atomic E-state index is 11.0. The fourth-order valence-corrected chi connectivity index (χ4v) is 3.41. The Morgan fingerprint density at radius 1 is 1.22 bits per heavy atom. The molecular formula is C19H20O4. The average Bonchev–Trinajstić information content (AvgIpc) is 2.95. The first-order valence-corrected chi connectivity index (χ1v) is 7.70.